The van der Waals surface area contributed by atoms with Gasteiger partial charge in [0.1, 0.15) is 5.69 Å². The molecule has 17 heavy (non-hydrogen) atoms. The number of rotatable bonds is 2. The third-order valence-electron chi connectivity index (χ3n) is 2.86. The van der Waals surface area contributed by atoms with Crippen molar-refractivity contribution in [2.24, 2.45) is 0 Å². The molecule has 1 aromatic heterocycles. The maximum absolute atomic E-state index is 12.2. The Kier molecular flexibility index (Phi) is 4.12. The molecular weight excluding hydrogens is 234 g/mol. The molecule has 0 aliphatic carbocycles. The normalized spacial score (nSPS) is 17.2. The smallest absolute Gasteiger partial charge is 0.273 e. The molecule has 1 aromatic rings. The molecule has 0 spiro atoms. The number of aromatic nitrogens is 1. The standard InChI is InChI=1S/C12H19N3OS/c1-9(2)11-14-10(8-17-11)12(16)15-6-3-4-13-5-7-15/h8-9,13H,3-7H2,1-2H3. The number of nitrogens with zero attached hydrogens (tertiary/aromatic N) is 2. The summed E-state index contributed by atoms with van der Waals surface area (Å²) in [5.41, 5.74) is 0.612. The minimum Gasteiger partial charge on any atom is -0.336 e. The van der Waals surface area contributed by atoms with Crippen LogP contribution in [0.2, 0.25) is 0 Å². The second kappa shape index (κ2) is 5.60. The highest BCUT2D eigenvalue weighted by atomic mass is 32.1. The molecule has 1 fully saturated rings. The van der Waals surface area contributed by atoms with Gasteiger partial charge in [-0.3, -0.25) is 4.79 Å². The highest BCUT2D eigenvalue weighted by Gasteiger charge is 2.20. The topological polar surface area (TPSA) is 45.2 Å². The van der Waals surface area contributed by atoms with Crippen molar-refractivity contribution >= 4 is 17.2 Å². The van der Waals surface area contributed by atoms with E-state index in [1.165, 1.54) is 0 Å². The number of hydrogen-bond acceptors (Lipinski definition) is 4. The van der Waals surface area contributed by atoms with Gasteiger partial charge in [-0.15, -0.1) is 11.3 Å². The first kappa shape index (κ1) is 12.5. The number of amides is 1. The van der Waals surface area contributed by atoms with E-state index in [0.29, 0.717) is 11.6 Å². The van der Waals surface area contributed by atoms with Gasteiger partial charge < -0.3 is 10.2 Å². The van der Waals surface area contributed by atoms with E-state index >= 15 is 0 Å². The number of carbonyl (C=O) groups is 1. The molecule has 1 amide bonds. The summed E-state index contributed by atoms with van der Waals surface area (Å²) in [6.45, 7) is 7.70. The fraction of sp³-hybridized carbons (Fsp3) is 0.667. The monoisotopic (exact) mass is 253 g/mol. The Labute approximate surface area is 106 Å². The Morgan fingerprint density at radius 3 is 3.00 bits per heavy atom. The van der Waals surface area contributed by atoms with Crippen LogP contribution in [0, 0.1) is 0 Å². The third kappa shape index (κ3) is 3.04. The van der Waals surface area contributed by atoms with Crippen LogP contribution in [0.25, 0.3) is 0 Å². The van der Waals surface area contributed by atoms with Gasteiger partial charge in [-0.1, -0.05) is 13.8 Å². The first-order valence-corrected chi connectivity index (χ1v) is 7.02. The van der Waals surface area contributed by atoms with Gasteiger partial charge in [0.2, 0.25) is 0 Å². The van der Waals surface area contributed by atoms with Crippen molar-refractivity contribution in [1.82, 2.24) is 15.2 Å². The molecule has 1 aliphatic rings. The van der Waals surface area contributed by atoms with Crippen LogP contribution in [0.4, 0.5) is 0 Å². The van der Waals surface area contributed by atoms with Crippen molar-refractivity contribution < 1.29 is 4.79 Å². The summed E-state index contributed by atoms with van der Waals surface area (Å²) in [4.78, 5) is 18.6. The zero-order valence-electron chi connectivity index (χ0n) is 10.4. The molecule has 0 radical (unpaired) electrons. The first-order valence-electron chi connectivity index (χ1n) is 6.14. The van der Waals surface area contributed by atoms with Crippen molar-refractivity contribution in [3.63, 3.8) is 0 Å². The van der Waals surface area contributed by atoms with E-state index in [4.69, 9.17) is 0 Å². The van der Waals surface area contributed by atoms with Gasteiger partial charge in [0.05, 0.1) is 5.01 Å². The minimum atomic E-state index is 0.0804. The summed E-state index contributed by atoms with van der Waals surface area (Å²) in [6, 6.07) is 0. The van der Waals surface area contributed by atoms with E-state index in [1.54, 1.807) is 11.3 Å². The average Bonchev–Trinajstić information content (AvgIpc) is 2.65. The van der Waals surface area contributed by atoms with E-state index < -0.39 is 0 Å². The zero-order valence-corrected chi connectivity index (χ0v) is 11.2. The molecule has 1 N–H and O–H groups in total. The van der Waals surface area contributed by atoms with Gasteiger partial charge in [-0.2, -0.15) is 0 Å². The second-order valence-electron chi connectivity index (χ2n) is 4.62. The molecule has 0 aromatic carbocycles. The lowest BCUT2D eigenvalue weighted by atomic mass is 10.2. The summed E-state index contributed by atoms with van der Waals surface area (Å²) in [7, 11) is 0. The second-order valence-corrected chi connectivity index (χ2v) is 5.51. The molecule has 4 nitrogen and oxygen atoms in total. The van der Waals surface area contributed by atoms with Crippen LogP contribution in [0.3, 0.4) is 0 Å². The lowest BCUT2D eigenvalue weighted by molar-refractivity contribution is 0.0761. The summed E-state index contributed by atoms with van der Waals surface area (Å²) in [5, 5.41) is 6.22. The molecule has 0 unspecified atom stereocenters. The SMILES string of the molecule is CC(C)c1nc(C(=O)N2CCCNCC2)cs1. The van der Waals surface area contributed by atoms with Crippen LogP contribution in [-0.4, -0.2) is 42.0 Å². The summed E-state index contributed by atoms with van der Waals surface area (Å²) < 4.78 is 0. The summed E-state index contributed by atoms with van der Waals surface area (Å²) >= 11 is 1.58. The maximum atomic E-state index is 12.2. The Morgan fingerprint density at radius 2 is 2.29 bits per heavy atom. The number of thiazole rings is 1. The number of hydrogen-bond donors (Lipinski definition) is 1. The van der Waals surface area contributed by atoms with E-state index in [0.717, 1.165) is 37.6 Å². The highest BCUT2D eigenvalue weighted by molar-refractivity contribution is 7.09. The molecule has 94 valence electrons. The predicted octanol–water partition coefficient (Wildman–Crippen LogP) is 1.70. The van der Waals surface area contributed by atoms with E-state index in [9.17, 15) is 4.79 Å². The first-order chi connectivity index (χ1) is 8.18. The maximum Gasteiger partial charge on any atom is 0.273 e. The summed E-state index contributed by atoms with van der Waals surface area (Å²) in [5.74, 6) is 0.476. The summed E-state index contributed by atoms with van der Waals surface area (Å²) in [6.07, 6.45) is 1.02. The van der Waals surface area contributed by atoms with Gasteiger partial charge >= 0.3 is 0 Å². The molecular formula is C12H19N3OS. The largest absolute Gasteiger partial charge is 0.336 e. The van der Waals surface area contributed by atoms with Crippen molar-refractivity contribution in [1.29, 1.82) is 0 Å². The molecule has 0 saturated carbocycles. The van der Waals surface area contributed by atoms with Crippen LogP contribution in [0.5, 0.6) is 0 Å². The fourth-order valence-electron chi connectivity index (χ4n) is 1.86. The molecule has 0 atom stereocenters. The Balaban J connectivity index is 2.06. The number of carbonyl (C=O) groups excluding carboxylic acids is 1. The van der Waals surface area contributed by atoms with Gasteiger partial charge in [0.15, 0.2) is 0 Å². The lowest BCUT2D eigenvalue weighted by Gasteiger charge is -2.18. The quantitative estimate of drug-likeness (QED) is 0.872. The lowest BCUT2D eigenvalue weighted by Crippen LogP contribution is -2.34. The third-order valence-corrected chi connectivity index (χ3v) is 4.01. The van der Waals surface area contributed by atoms with Crippen molar-refractivity contribution in [3.05, 3.63) is 16.1 Å². The van der Waals surface area contributed by atoms with Crippen LogP contribution >= 0.6 is 11.3 Å². The highest BCUT2D eigenvalue weighted by Crippen LogP contribution is 2.20. The molecule has 1 aliphatic heterocycles. The van der Waals surface area contributed by atoms with Gasteiger partial charge in [-0.25, -0.2) is 4.98 Å². The van der Waals surface area contributed by atoms with Crippen molar-refractivity contribution in [3.8, 4) is 0 Å². The molecule has 5 heteroatoms. The number of nitrogens with one attached hydrogen (secondary N) is 1. The van der Waals surface area contributed by atoms with Gasteiger partial charge in [0, 0.05) is 30.9 Å². The van der Waals surface area contributed by atoms with Crippen LogP contribution in [-0.2, 0) is 0 Å². The molecule has 1 saturated heterocycles. The molecule has 2 rings (SSSR count). The zero-order chi connectivity index (χ0) is 12.3. The predicted molar refractivity (Wildman–Crippen MR) is 69.6 cm³/mol. The molecule has 2 heterocycles. The van der Waals surface area contributed by atoms with E-state index in [1.807, 2.05) is 10.3 Å². The van der Waals surface area contributed by atoms with Crippen LogP contribution in [0.15, 0.2) is 5.38 Å². The molecule has 0 bridgehead atoms. The van der Waals surface area contributed by atoms with E-state index in [2.05, 4.69) is 24.1 Å². The van der Waals surface area contributed by atoms with E-state index in [-0.39, 0.29) is 5.91 Å². The van der Waals surface area contributed by atoms with Crippen LogP contribution in [0.1, 0.15) is 41.7 Å². The van der Waals surface area contributed by atoms with Gasteiger partial charge in [0.25, 0.3) is 5.91 Å². The Morgan fingerprint density at radius 1 is 1.47 bits per heavy atom. The minimum absolute atomic E-state index is 0.0804. The van der Waals surface area contributed by atoms with Gasteiger partial charge in [-0.05, 0) is 13.0 Å². The Bertz CT molecular complexity index is 381. The fourth-order valence-corrected chi connectivity index (χ4v) is 2.67. The van der Waals surface area contributed by atoms with Crippen molar-refractivity contribution in [2.45, 2.75) is 26.2 Å². The van der Waals surface area contributed by atoms with Crippen molar-refractivity contribution in [2.75, 3.05) is 26.2 Å². The van der Waals surface area contributed by atoms with Crippen LogP contribution < -0.4 is 5.32 Å². The Hall–Kier alpha value is -0.940. The average molecular weight is 253 g/mol.